The van der Waals surface area contributed by atoms with Crippen LogP contribution in [-0.2, 0) is 11.2 Å². The first-order valence-corrected chi connectivity index (χ1v) is 7.93. The Balaban J connectivity index is 1.62. The molecule has 0 aromatic heterocycles. The number of carbonyl (C=O) groups is 1. The molecule has 3 nitrogen and oxygen atoms in total. The van der Waals surface area contributed by atoms with Gasteiger partial charge in [0.05, 0.1) is 17.9 Å². The predicted octanol–water partition coefficient (Wildman–Crippen LogP) is 1.99. The lowest BCUT2D eigenvalue weighted by molar-refractivity contribution is -0.122. The molecule has 1 fully saturated rings. The summed E-state index contributed by atoms with van der Waals surface area (Å²) in [5.74, 6) is 1.48. The van der Waals surface area contributed by atoms with E-state index in [-0.39, 0.29) is 18.1 Å². The molecule has 1 aliphatic carbocycles. The number of aryl methyl sites for hydroxylation is 1. The molecular weight excluding hydrogens is 258 g/mol. The highest BCUT2D eigenvalue weighted by molar-refractivity contribution is 7.99. The number of hydrogen-bond donors (Lipinski definition) is 2. The molecule has 2 N–H and O–H groups in total. The van der Waals surface area contributed by atoms with Crippen LogP contribution in [0.3, 0.4) is 0 Å². The number of aliphatic hydroxyl groups is 1. The molecule has 0 bridgehead atoms. The SMILES string of the molecule is O=C(CSCCc1ccccc1)NC1(CO)CCC1. The van der Waals surface area contributed by atoms with E-state index in [1.807, 2.05) is 18.2 Å². The second-order valence-corrected chi connectivity index (χ2v) is 6.23. The summed E-state index contributed by atoms with van der Waals surface area (Å²) in [6.45, 7) is 0.0629. The summed E-state index contributed by atoms with van der Waals surface area (Å²) < 4.78 is 0. The second-order valence-electron chi connectivity index (χ2n) is 5.13. The van der Waals surface area contributed by atoms with E-state index in [9.17, 15) is 9.90 Å². The van der Waals surface area contributed by atoms with Crippen LogP contribution in [0.5, 0.6) is 0 Å². The van der Waals surface area contributed by atoms with Gasteiger partial charge in [0.15, 0.2) is 0 Å². The van der Waals surface area contributed by atoms with E-state index in [1.54, 1.807) is 11.8 Å². The van der Waals surface area contributed by atoms with E-state index in [0.29, 0.717) is 5.75 Å². The van der Waals surface area contributed by atoms with E-state index in [1.165, 1.54) is 5.56 Å². The lowest BCUT2D eigenvalue weighted by Gasteiger charge is -2.40. The number of thioether (sulfide) groups is 1. The topological polar surface area (TPSA) is 49.3 Å². The maximum atomic E-state index is 11.8. The van der Waals surface area contributed by atoms with Crippen LogP contribution in [0.1, 0.15) is 24.8 Å². The van der Waals surface area contributed by atoms with Crippen molar-refractivity contribution >= 4 is 17.7 Å². The Kier molecular flexibility index (Phi) is 5.28. The Morgan fingerprint density at radius 3 is 2.63 bits per heavy atom. The van der Waals surface area contributed by atoms with Crippen LogP contribution in [0, 0.1) is 0 Å². The van der Waals surface area contributed by atoms with Crippen molar-refractivity contribution in [3.8, 4) is 0 Å². The zero-order valence-electron chi connectivity index (χ0n) is 11.1. The van der Waals surface area contributed by atoms with E-state index in [2.05, 4.69) is 17.4 Å². The van der Waals surface area contributed by atoms with Gasteiger partial charge >= 0.3 is 0 Å². The minimum atomic E-state index is -0.308. The summed E-state index contributed by atoms with van der Waals surface area (Å²) in [4.78, 5) is 11.8. The third-order valence-electron chi connectivity index (χ3n) is 3.63. The highest BCUT2D eigenvalue weighted by Gasteiger charge is 2.37. The van der Waals surface area contributed by atoms with Gasteiger partial charge in [-0.05, 0) is 37.0 Å². The molecule has 0 atom stereocenters. The minimum absolute atomic E-state index is 0.0480. The van der Waals surface area contributed by atoms with Gasteiger partial charge in [0.25, 0.3) is 0 Å². The summed E-state index contributed by atoms with van der Waals surface area (Å²) in [6.07, 6.45) is 3.90. The molecule has 0 unspecified atom stereocenters. The van der Waals surface area contributed by atoms with Crippen LogP contribution in [0.25, 0.3) is 0 Å². The lowest BCUT2D eigenvalue weighted by Crippen LogP contribution is -2.56. The largest absolute Gasteiger partial charge is 0.394 e. The molecule has 4 heteroatoms. The molecule has 0 saturated heterocycles. The van der Waals surface area contributed by atoms with Gasteiger partial charge in [0.2, 0.25) is 5.91 Å². The van der Waals surface area contributed by atoms with Crippen LogP contribution in [0.15, 0.2) is 30.3 Å². The van der Waals surface area contributed by atoms with Crippen molar-refractivity contribution in [3.05, 3.63) is 35.9 Å². The maximum absolute atomic E-state index is 11.8. The quantitative estimate of drug-likeness (QED) is 0.751. The number of carbonyl (C=O) groups excluding carboxylic acids is 1. The van der Waals surface area contributed by atoms with E-state index in [4.69, 9.17) is 0 Å². The summed E-state index contributed by atoms with van der Waals surface area (Å²) in [5.41, 5.74) is 0.998. The van der Waals surface area contributed by atoms with Gasteiger partial charge in [-0.25, -0.2) is 0 Å². The standard InChI is InChI=1S/C15H21NO2S/c17-12-15(8-4-9-15)16-14(18)11-19-10-7-13-5-2-1-3-6-13/h1-3,5-6,17H,4,7-12H2,(H,16,18). The zero-order chi connectivity index (χ0) is 13.6. The molecule has 0 radical (unpaired) electrons. The maximum Gasteiger partial charge on any atom is 0.230 e. The van der Waals surface area contributed by atoms with Gasteiger partial charge in [-0.1, -0.05) is 30.3 Å². The highest BCUT2D eigenvalue weighted by Crippen LogP contribution is 2.31. The molecule has 0 heterocycles. The van der Waals surface area contributed by atoms with Crippen LogP contribution in [0.2, 0.25) is 0 Å². The smallest absolute Gasteiger partial charge is 0.230 e. The number of nitrogens with one attached hydrogen (secondary N) is 1. The molecule has 1 aromatic rings. The highest BCUT2D eigenvalue weighted by atomic mass is 32.2. The van der Waals surface area contributed by atoms with Crippen molar-refractivity contribution in [2.75, 3.05) is 18.1 Å². The zero-order valence-corrected chi connectivity index (χ0v) is 11.9. The fraction of sp³-hybridized carbons (Fsp3) is 0.533. The molecule has 1 aromatic carbocycles. The van der Waals surface area contributed by atoms with Crippen LogP contribution in [0.4, 0.5) is 0 Å². The fourth-order valence-electron chi connectivity index (χ4n) is 2.26. The van der Waals surface area contributed by atoms with Crippen LogP contribution >= 0.6 is 11.8 Å². The van der Waals surface area contributed by atoms with E-state index >= 15 is 0 Å². The Morgan fingerprint density at radius 1 is 1.32 bits per heavy atom. The van der Waals surface area contributed by atoms with Crippen LogP contribution in [-0.4, -0.2) is 34.7 Å². The Bertz CT molecular complexity index is 398. The van der Waals surface area contributed by atoms with Crippen molar-refractivity contribution in [2.24, 2.45) is 0 Å². The molecule has 2 rings (SSSR count). The molecule has 0 spiro atoms. The van der Waals surface area contributed by atoms with Gasteiger partial charge in [-0.2, -0.15) is 11.8 Å². The van der Waals surface area contributed by atoms with Gasteiger partial charge in [-0.3, -0.25) is 4.79 Å². The minimum Gasteiger partial charge on any atom is -0.394 e. The first kappa shape index (κ1) is 14.4. The van der Waals surface area contributed by atoms with Crippen molar-refractivity contribution < 1.29 is 9.90 Å². The van der Waals surface area contributed by atoms with Crippen molar-refractivity contribution in [2.45, 2.75) is 31.2 Å². The fourth-order valence-corrected chi connectivity index (χ4v) is 3.04. The van der Waals surface area contributed by atoms with Gasteiger partial charge in [0.1, 0.15) is 0 Å². The molecule has 1 aliphatic rings. The number of hydrogen-bond acceptors (Lipinski definition) is 3. The molecule has 104 valence electrons. The third-order valence-corrected chi connectivity index (χ3v) is 4.59. The number of amides is 1. The Morgan fingerprint density at radius 2 is 2.05 bits per heavy atom. The van der Waals surface area contributed by atoms with Crippen LogP contribution < -0.4 is 5.32 Å². The number of aliphatic hydroxyl groups excluding tert-OH is 1. The number of rotatable bonds is 7. The normalized spacial score (nSPS) is 16.7. The first-order valence-electron chi connectivity index (χ1n) is 6.78. The van der Waals surface area contributed by atoms with E-state index in [0.717, 1.165) is 31.4 Å². The summed E-state index contributed by atoms with van der Waals surface area (Å²) in [6, 6.07) is 10.3. The average Bonchev–Trinajstić information content (AvgIpc) is 2.40. The molecule has 1 amide bonds. The van der Waals surface area contributed by atoms with Crippen molar-refractivity contribution in [3.63, 3.8) is 0 Å². The molecule has 19 heavy (non-hydrogen) atoms. The number of benzene rings is 1. The molecular formula is C15H21NO2S. The summed E-state index contributed by atoms with van der Waals surface area (Å²) >= 11 is 1.65. The summed E-state index contributed by atoms with van der Waals surface area (Å²) in [7, 11) is 0. The average molecular weight is 279 g/mol. The van der Waals surface area contributed by atoms with Gasteiger partial charge < -0.3 is 10.4 Å². The van der Waals surface area contributed by atoms with Crippen molar-refractivity contribution in [1.29, 1.82) is 0 Å². The Labute approximate surface area is 118 Å². The second kappa shape index (κ2) is 6.96. The van der Waals surface area contributed by atoms with Crippen molar-refractivity contribution in [1.82, 2.24) is 5.32 Å². The first-order chi connectivity index (χ1) is 9.24. The lowest BCUT2D eigenvalue weighted by atomic mass is 9.77. The Hall–Kier alpha value is -1.00. The summed E-state index contributed by atoms with van der Waals surface area (Å²) in [5, 5.41) is 12.3. The third kappa shape index (κ3) is 4.25. The monoisotopic (exact) mass is 279 g/mol. The van der Waals surface area contributed by atoms with E-state index < -0.39 is 0 Å². The molecule has 0 aliphatic heterocycles. The molecule has 1 saturated carbocycles. The van der Waals surface area contributed by atoms with Gasteiger partial charge in [-0.15, -0.1) is 0 Å². The van der Waals surface area contributed by atoms with Gasteiger partial charge in [0, 0.05) is 0 Å². The predicted molar refractivity (Wildman–Crippen MR) is 79.3 cm³/mol.